The first-order valence-electron chi connectivity index (χ1n) is 6.41. The summed E-state index contributed by atoms with van der Waals surface area (Å²) in [6.45, 7) is 8.34. The Morgan fingerprint density at radius 1 is 1.47 bits per heavy atom. The van der Waals surface area contributed by atoms with Gasteiger partial charge in [0.05, 0.1) is 0 Å². The summed E-state index contributed by atoms with van der Waals surface area (Å²) in [5.74, 6) is 0.652. The summed E-state index contributed by atoms with van der Waals surface area (Å²) in [4.78, 5) is 0. The molecule has 1 fully saturated rings. The van der Waals surface area contributed by atoms with E-state index < -0.39 is 0 Å². The fourth-order valence-electron chi connectivity index (χ4n) is 2.58. The molecule has 2 heteroatoms. The number of nitrogens with one attached hydrogen (secondary N) is 1. The first-order chi connectivity index (χ1) is 7.07. The molecule has 0 bridgehead atoms. The quantitative estimate of drug-likeness (QED) is 0.711. The molecule has 1 rings (SSSR count). The second-order valence-corrected chi connectivity index (χ2v) is 5.80. The lowest BCUT2D eigenvalue weighted by atomic mass is 9.92. The van der Waals surface area contributed by atoms with Gasteiger partial charge in [-0.05, 0) is 43.6 Å². The zero-order valence-corrected chi connectivity index (χ0v) is 10.6. The van der Waals surface area contributed by atoms with Crippen LogP contribution in [0.15, 0.2) is 0 Å². The van der Waals surface area contributed by atoms with Gasteiger partial charge < -0.3 is 10.4 Å². The van der Waals surface area contributed by atoms with Crippen LogP contribution in [0.25, 0.3) is 0 Å². The Kier molecular flexibility index (Phi) is 5.07. The minimum absolute atomic E-state index is 0.330. The van der Waals surface area contributed by atoms with Gasteiger partial charge in [0, 0.05) is 12.6 Å². The van der Waals surface area contributed by atoms with E-state index in [0.717, 1.165) is 13.0 Å². The van der Waals surface area contributed by atoms with Crippen molar-refractivity contribution in [1.82, 2.24) is 5.32 Å². The molecule has 2 N–H and O–H groups in total. The second-order valence-electron chi connectivity index (χ2n) is 5.80. The number of aliphatic hydroxyl groups excluding tert-OH is 1. The normalized spacial score (nSPS) is 26.8. The number of aliphatic hydroxyl groups is 1. The van der Waals surface area contributed by atoms with Gasteiger partial charge >= 0.3 is 0 Å². The maximum atomic E-state index is 8.92. The standard InChI is InChI=1S/C13H27NO/c1-4-11(6-8-15)10-14-12-5-7-13(2,3)9-12/h11-12,14-15H,4-10H2,1-3H3. The fraction of sp³-hybridized carbons (Fsp3) is 1.00. The number of hydrogen-bond donors (Lipinski definition) is 2. The minimum atomic E-state index is 0.330. The van der Waals surface area contributed by atoms with Gasteiger partial charge in [0.25, 0.3) is 0 Å². The molecule has 0 heterocycles. The zero-order chi connectivity index (χ0) is 11.3. The van der Waals surface area contributed by atoms with Gasteiger partial charge in [0.15, 0.2) is 0 Å². The maximum Gasteiger partial charge on any atom is 0.0434 e. The van der Waals surface area contributed by atoms with E-state index in [1.807, 2.05) is 0 Å². The van der Waals surface area contributed by atoms with Gasteiger partial charge in [0.1, 0.15) is 0 Å². The van der Waals surface area contributed by atoms with E-state index in [2.05, 4.69) is 26.1 Å². The summed E-state index contributed by atoms with van der Waals surface area (Å²) >= 11 is 0. The third-order valence-corrected chi connectivity index (χ3v) is 3.78. The fourth-order valence-corrected chi connectivity index (χ4v) is 2.58. The van der Waals surface area contributed by atoms with Crippen molar-refractivity contribution in [3.05, 3.63) is 0 Å². The maximum absolute atomic E-state index is 8.92. The van der Waals surface area contributed by atoms with Crippen molar-refractivity contribution in [2.45, 2.75) is 58.9 Å². The lowest BCUT2D eigenvalue weighted by molar-refractivity contribution is 0.247. The molecule has 90 valence electrons. The molecule has 0 amide bonds. The predicted molar refractivity (Wildman–Crippen MR) is 64.9 cm³/mol. The summed E-state index contributed by atoms with van der Waals surface area (Å²) in [7, 11) is 0. The van der Waals surface area contributed by atoms with Crippen LogP contribution in [0.1, 0.15) is 52.9 Å². The van der Waals surface area contributed by atoms with Crippen LogP contribution in [0.5, 0.6) is 0 Å². The third kappa shape index (κ3) is 4.52. The molecule has 0 spiro atoms. The van der Waals surface area contributed by atoms with Gasteiger partial charge in [-0.25, -0.2) is 0 Å². The Morgan fingerprint density at radius 3 is 2.67 bits per heavy atom. The second kappa shape index (κ2) is 5.86. The van der Waals surface area contributed by atoms with E-state index in [4.69, 9.17) is 5.11 Å². The van der Waals surface area contributed by atoms with Crippen LogP contribution in [-0.2, 0) is 0 Å². The highest BCUT2D eigenvalue weighted by Gasteiger charge is 2.30. The first-order valence-corrected chi connectivity index (χ1v) is 6.41. The molecule has 2 nitrogen and oxygen atoms in total. The molecule has 0 radical (unpaired) electrons. The molecule has 2 atom stereocenters. The van der Waals surface area contributed by atoms with Gasteiger partial charge in [-0.1, -0.05) is 27.2 Å². The summed E-state index contributed by atoms with van der Waals surface area (Å²) in [5, 5.41) is 12.6. The molecule has 0 aromatic heterocycles. The number of rotatable bonds is 6. The highest BCUT2D eigenvalue weighted by atomic mass is 16.3. The van der Waals surface area contributed by atoms with E-state index in [1.165, 1.54) is 25.7 Å². The Bertz CT molecular complexity index is 179. The molecule has 0 aliphatic heterocycles. The van der Waals surface area contributed by atoms with Gasteiger partial charge in [-0.3, -0.25) is 0 Å². The third-order valence-electron chi connectivity index (χ3n) is 3.78. The predicted octanol–water partition coefficient (Wildman–Crippen LogP) is 2.56. The van der Waals surface area contributed by atoms with E-state index in [1.54, 1.807) is 0 Å². The summed E-state index contributed by atoms with van der Waals surface area (Å²) in [5.41, 5.74) is 0.538. The van der Waals surface area contributed by atoms with Crippen LogP contribution < -0.4 is 5.32 Å². The smallest absolute Gasteiger partial charge is 0.0434 e. The summed E-state index contributed by atoms with van der Waals surface area (Å²) in [6, 6.07) is 0.716. The SMILES string of the molecule is CCC(CCO)CNC1CCC(C)(C)C1. The van der Waals surface area contributed by atoms with Crippen LogP contribution in [0.4, 0.5) is 0 Å². The molecule has 1 saturated carbocycles. The minimum Gasteiger partial charge on any atom is -0.396 e. The number of hydrogen-bond acceptors (Lipinski definition) is 2. The van der Waals surface area contributed by atoms with Crippen molar-refractivity contribution < 1.29 is 5.11 Å². The monoisotopic (exact) mass is 213 g/mol. The van der Waals surface area contributed by atoms with Gasteiger partial charge in [-0.15, -0.1) is 0 Å². The molecule has 0 saturated heterocycles. The van der Waals surface area contributed by atoms with Crippen LogP contribution >= 0.6 is 0 Å². The lowest BCUT2D eigenvalue weighted by Gasteiger charge is -2.20. The van der Waals surface area contributed by atoms with Crippen LogP contribution in [-0.4, -0.2) is 24.3 Å². The molecular formula is C13H27NO. The van der Waals surface area contributed by atoms with Crippen molar-refractivity contribution in [2.75, 3.05) is 13.2 Å². The van der Waals surface area contributed by atoms with Gasteiger partial charge in [-0.2, -0.15) is 0 Å². The average Bonchev–Trinajstić information content (AvgIpc) is 2.53. The van der Waals surface area contributed by atoms with Crippen LogP contribution in [0, 0.1) is 11.3 Å². The lowest BCUT2D eigenvalue weighted by Crippen LogP contribution is -2.32. The van der Waals surface area contributed by atoms with Gasteiger partial charge in [0.2, 0.25) is 0 Å². The van der Waals surface area contributed by atoms with Crippen molar-refractivity contribution >= 4 is 0 Å². The Labute approximate surface area is 94.5 Å². The van der Waals surface area contributed by atoms with Crippen LogP contribution in [0.3, 0.4) is 0 Å². The summed E-state index contributed by atoms with van der Waals surface area (Å²) < 4.78 is 0. The summed E-state index contributed by atoms with van der Waals surface area (Å²) in [6.07, 6.45) is 6.09. The van der Waals surface area contributed by atoms with Crippen molar-refractivity contribution in [1.29, 1.82) is 0 Å². The first kappa shape index (κ1) is 13.0. The van der Waals surface area contributed by atoms with Crippen molar-refractivity contribution in [2.24, 2.45) is 11.3 Å². The molecule has 1 aliphatic rings. The van der Waals surface area contributed by atoms with E-state index in [0.29, 0.717) is 24.0 Å². The molecular weight excluding hydrogens is 186 g/mol. The van der Waals surface area contributed by atoms with Crippen molar-refractivity contribution in [3.63, 3.8) is 0 Å². The van der Waals surface area contributed by atoms with Crippen LogP contribution in [0.2, 0.25) is 0 Å². The average molecular weight is 213 g/mol. The zero-order valence-electron chi connectivity index (χ0n) is 10.6. The molecule has 0 aromatic carbocycles. The topological polar surface area (TPSA) is 32.3 Å². The molecule has 2 unspecified atom stereocenters. The highest BCUT2D eigenvalue weighted by molar-refractivity contribution is 4.86. The Morgan fingerprint density at radius 2 is 2.20 bits per heavy atom. The molecule has 0 aromatic rings. The Balaban J connectivity index is 2.19. The highest BCUT2D eigenvalue weighted by Crippen LogP contribution is 2.36. The van der Waals surface area contributed by atoms with E-state index >= 15 is 0 Å². The van der Waals surface area contributed by atoms with Crippen molar-refractivity contribution in [3.8, 4) is 0 Å². The molecule has 15 heavy (non-hydrogen) atoms. The largest absolute Gasteiger partial charge is 0.396 e. The Hall–Kier alpha value is -0.0800. The molecule has 1 aliphatic carbocycles. The van der Waals surface area contributed by atoms with E-state index in [9.17, 15) is 0 Å². The van der Waals surface area contributed by atoms with E-state index in [-0.39, 0.29) is 0 Å².